The van der Waals surface area contributed by atoms with E-state index < -0.39 is 10.0 Å². The summed E-state index contributed by atoms with van der Waals surface area (Å²) in [5, 5.41) is 0. The highest BCUT2D eigenvalue weighted by atomic mass is 32.2. The molecule has 0 fully saturated rings. The van der Waals surface area contributed by atoms with Crippen LogP contribution in [-0.4, -0.2) is 26.4 Å². The average Bonchev–Trinajstić information content (AvgIpc) is 3.28. The van der Waals surface area contributed by atoms with Crippen molar-refractivity contribution in [2.75, 3.05) is 9.21 Å². The van der Waals surface area contributed by atoms with Gasteiger partial charge in [-0.25, -0.2) is 8.42 Å². The van der Waals surface area contributed by atoms with E-state index >= 15 is 0 Å². The smallest absolute Gasteiger partial charge is 0.264 e. The van der Waals surface area contributed by atoms with E-state index in [0.29, 0.717) is 18.4 Å². The summed E-state index contributed by atoms with van der Waals surface area (Å²) < 4.78 is 28.7. The summed E-state index contributed by atoms with van der Waals surface area (Å²) in [5.41, 5.74) is 4.10. The summed E-state index contributed by atoms with van der Waals surface area (Å²) in [6, 6.07) is 21.8. The van der Waals surface area contributed by atoms with E-state index in [9.17, 15) is 13.2 Å². The molecule has 2 heterocycles. The van der Waals surface area contributed by atoms with Crippen LogP contribution in [-0.2, 0) is 22.9 Å². The Hall–Kier alpha value is -3.12. The van der Waals surface area contributed by atoms with Gasteiger partial charge in [0.15, 0.2) is 0 Å². The third-order valence-electron chi connectivity index (χ3n) is 6.21. The van der Waals surface area contributed by atoms with E-state index in [1.165, 1.54) is 4.31 Å². The van der Waals surface area contributed by atoms with Crippen molar-refractivity contribution < 1.29 is 13.2 Å². The van der Waals surface area contributed by atoms with Gasteiger partial charge in [-0.2, -0.15) is 0 Å². The molecule has 2 aliphatic rings. The highest BCUT2D eigenvalue weighted by molar-refractivity contribution is 7.92. The Bertz CT molecular complexity index is 1270. The molecule has 0 bridgehead atoms. The molecule has 1 amide bonds. The van der Waals surface area contributed by atoms with Crippen LogP contribution in [0.4, 0.5) is 11.4 Å². The van der Waals surface area contributed by atoms with Crippen molar-refractivity contribution in [3.05, 3.63) is 89.5 Å². The Balaban J connectivity index is 1.52. The molecule has 0 spiro atoms. The van der Waals surface area contributed by atoms with Gasteiger partial charge in [-0.15, -0.1) is 0 Å². The Morgan fingerprint density at radius 3 is 2.26 bits per heavy atom. The molecule has 0 radical (unpaired) electrons. The first-order valence-electron chi connectivity index (χ1n) is 10.5. The summed E-state index contributed by atoms with van der Waals surface area (Å²) in [7, 11) is -3.70. The summed E-state index contributed by atoms with van der Waals surface area (Å²) in [4.78, 5) is 15.1. The molecule has 0 aliphatic carbocycles. The van der Waals surface area contributed by atoms with Gasteiger partial charge in [0.05, 0.1) is 10.6 Å². The number of hydrogen-bond donors (Lipinski definition) is 0. The number of fused-ring (bicyclic) bond motifs is 2. The lowest BCUT2D eigenvalue weighted by Crippen LogP contribution is -2.36. The molecule has 0 aromatic heterocycles. The predicted octanol–water partition coefficient (Wildman–Crippen LogP) is 4.42. The molecule has 158 valence electrons. The van der Waals surface area contributed by atoms with E-state index in [1.807, 2.05) is 56.3 Å². The average molecular weight is 433 g/mol. The molecular formula is C25H24N2O3S. The van der Waals surface area contributed by atoms with Crippen molar-refractivity contribution in [1.29, 1.82) is 0 Å². The van der Waals surface area contributed by atoms with Gasteiger partial charge in [0.2, 0.25) is 0 Å². The van der Waals surface area contributed by atoms with Crippen LogP contribution >= 0.6 is 0 Å². The molecule has 5 nitrogen and oxygen atoms in total. The molecule has 5 rings (SSSR count). The lowest BCUT2D eigenvalue weighted by atomic mass is 10.1. The number of rotatable bonds is 3. The van der Waals surface area contributed by atoms with Crippen LogP contribution in [0.5, 0.6) is 0 Å². The maximum absolute atomic E-state index is 13.6. The van der Waals surface area contributed by atoms with E-state index in [2.05, 4.69) is 0 Å². The fourth-order valence-corrected chi connectivity index (χ4v) is 6.56. The van der Waals surface area contributed by atoms with Crippen LogP contribution < -0.4 is 9.21 Å². The second-order valence-corrected chi connectivity index (χ2v) is 10.2. The normalized spacial score (nSPS) is 19.9. The number of para-hydroxylation sites is 1. The Labute approximate surface area is 183 Å². The summed E-state index contributed by atoms with van der Waals surface area (Å²) in [6.07, 6.45) is 1.33. The zero-order valence-corrected chi connectivity index (χ0v) is 18.3. The highest BCUT2D eigenvalue weighted by Gasteiger charge is 2.38. The van der Waals surface area contributed by atoms with Crippen molar-refractivity contribution in [3.8, 4) is 0 Å². The third kappa shape index (κ3) is 3.13. The van der Waals surface area contributed by atoms with Crippen LogP contribution in [0.15, 0.2) is 77.7 Å². The Morgan fingerprint density at radius 2 is 1.48 bits per heavy atom. The molecule has 6 heteroatoms. The van der Waals surface area contributed by atoms with Gasteiger partial charge < -0.3 is 4.90 Å². The van der Waals surface area contributed by atoms with Crippen molar-refractivity contribution in [2.24, 2.45) is 0 Å². The molecule has 0 N–H and O–H groups in total. The maximum atomic E-state index is 13.6. The van der Waals surface area contributed by atoms with E-state index in [-0.39, 0.29) is 22.9 Å². The van der Waals surface area contributed by atoms with Gasteiger partial charge in [-0.1, -0.05) is 36.4 Å². The topological polar surface area (TPSA) is 57.7 Å². The molecule has 0 saturated heterocycles. The molecule has 0 saturated carbocycles. The minimum atomic E-state index is -3.70. The standard InChI is InChI=1S/C25H24N2O3S/c1-17-14-21-16-22(12-13-23(21)26(17)25(28)19-8-4-3-5-9-19)31(29,30)27-18(2)15-20-10-6-7-11-24(20)27/h3-13,16-18H,14-15H2,1-2H3. The van der Waals surface area contributed by atoms with Crippen LogP contribution in [0.1, 0.15) is 35.3 Å². The first-order chi connectivity index (χ1) is 14.9. The maximum Gasteiger partial charge on any atom is 0.264 e. The van der Waals surface area contributed by atoms with Gasteiger partial charge in [0, 0.05) is 23.3 Å². The van der Waals surface area contributed by atoms with Crippen molar-refractivity contribution in [1.82, 2.24) is 0 Å². The number of sulfonamides is 1. The highest BCUT2D eigenvalue weighted by Crippen LogP contribution is 2.39. The fourth-order valence-electron chi connectivity index (χ4n) is 4.81. The zero-order valence-electron chi connectivity index (χ0n) is 17.5. The minimum absolute atomic E-state index is 0.0351. The molecule has 2 unspecified atom stereocenters. The summed E-state index contributed by atoms with van der Waals surface area (Å²) in [5.74, 6) is -0.0652. The number of hydrogen-bond acceptors (Lipinski definition) is 3. The summed E-state index contributed by atoms with van der Waals surface area (Å²) >= 11 is 0. The van der Waals surface area contributed by atoms with Crippen LogP contribution in [0.2, 0.25) is 0 Å². The number of anilines is 2. The quantitative estimate of drug-likeness (QED) is 0.616. The second kappa shape index (κ2) is 7.24. The first kappa shape index (κ1) is 19.8. The van der Waals surface area contributed by atoms with Gasteiger partial charge in [-0.05, 0) is 74.2 Å². The van der Waals surface area contributed by atoms with E-state index in [0.717, 1.165) is 22.5 Å². The van der Waals surface area contributed by atoms with Gasteiger partial charge in [0.25, 0.3) is 15.9 Å². The fraction of sp³-hybridized carbons (Fsp3) is 0.240. The number of carbonyl (C=O) groups excluding carboxylic acids is 1. The molecule has 31 heavy (non-hydrogen) atoms. The molecule has 2 atom stereocenters. The number of amides is 1. The summed E-state index contributed by atoms with van der Waals surface area (Å²) in [6.45, 7) is 3.93. The minimum Gasteiger partial charge on any atom is -0.305 e. The predicted molar refractivity (Wildman–Crippen MR) is 122 cm³/mol. The first-order valence-corrected chi connectivity index (χ1v) is 12.0. The Morgan fingerprint density at radius 1 is 0.806 bits per heavy atom. The monoisotopic (exact) mass is 432 g/mol. The Kier molecular flexibility index (Phi) is 4.63. The van der Waals surface area contributed by atoms with Crippen molar-refractivity contribution >= 4 is 27.3 Å². The zero-order chi connectivity index (χ0) is 21.8. The number of carbonyl (C=O) groups is 1. The van der Waals surface area contributed by atoms with Crippen molar-refractivity contribution in [2.45, 2.75) is 43.7 Å². The molecule has 3 aromatic carbocycles. The molecule has 3 aromatic rings. The van der Waals surface area contributed by atoms with Crippen LogP contribution in [0.25, 0.3) is 0 Å². The molecular weight excluding hydrogens is 408 g/mol. The van der Waals surface area contributed by atoms with Crippen LogP contribution in [0, 0.1) is 0 Å². The van der Waals surface area contributed by atoms with Gasteiger partial charge >= 0.3 is 0 Å². The molecule has 2 aliphatic heterocycles. The second-order valence-electron chi connectivity index (χ2n) is 8.37. The van der Waals surface area contributed by atoms with Crippen molar-refractivity contribution in [3.63, 3.8) is 0 Å². The number of benzene rings is 3. The lowest BCUT2D eigenvalue weighted by molar-refractivity contribution is 0.0981. The largest absolute Gasteiger partial charge is 0.305 e. The van der Waals surface area contributed by atoms with E-state index in [1.54, 1.807) is 35.2 Å². The SMILES string of the molecule is CC1Cc2cc(S(=O)(=O)N3c4ccccc4CC3C)ccc2N1C(=O)c1ccccc1. The van der Waals surface area contributed by atoms with Gasteiger partial charge in [-0.3, -0.25) is 9.10 Å². The van der Waals surface area contributed by atoms with E-state index in [4.69, 9.17) is 0 Å². The van der Waals surface area contributed by atoms with Crippen LogP contribution in [0.3, 0.4) is 0 Å². The lowest BCUT2D eigenvalue weighted by Gasteiger charge is -2.25. The number of nitrogens with zero attached hydrogens (tertiary/aromatic N) is 2. The third-order valence-corrected chi connectivity index (χ3v) is 8.13. The van der Waals surface area contributed by atoms with Gasteiger partial charge in [0.1, 0.15) is 0 Å².